The molecule has 2 aromatic rings. The highest BCUT2D eigenvalue weighted by molar-refractivity contribution is 7.12. The molecule has 0 aliphatic carbocycles. The number of amides is 2. The minimum absolute atomic E-state index is 0.0531. The van der Waals surface area contributed by atoms with Gasteiger partial charge in [0, 0.05) is 32.6 Å². The van der Waals surface area contributed by atoms with E-state index in [0.717, 1.165) is 0 Å². The number of ketones is 1. The van der Waals surface area contributed by atoms with Gasteiger partial charge in [0.25, 0.3) is 5.91 Å². The van der Waals surface area contributed by atoms with E-state index in [1.807, 2.05) is 11.4 Å². The van der Waals surface area contributed by atoms with Gasteiger partial charge >= 0.3 is 0 Å². The number of carbonyl (C=O) groups excluding carboxylic acids is 3. The molecule has 0 bridgehead atoms. The van der Waals surface area contributed by atoms with Gasteiger partial charge in [-0.25, -0.2) is 0 Å². The molecule has 0 atom stereocenters. The van der Waals surface area contributed by atoms with Crippen molar-refractivity contribution in [2.45, 2.75) is 19.3 Å². The molecule has 1 heterocycles. The van der Waals surface area contributed by atoms with Crippen LogP contribution in [0.5, 0.6) is 0 Å². The van der Waals surface area contributed by atoms with Crippen molar-refractivity contribution in [3.63, 3.8) is 0 Å². The maximum Gasteiger partial charge on any atom is 0.254 e. The van der Waals surface area contributed by atoms with Crippen LogP contribution in [0.2, 0.25) is 5.02 Å². The van der Waals surface area contributed by atoms with E-state index in [0.29, 0.717) is 29.0 Å². The van der Waals surface area contributed by atoms with Gasteiger partial charge in [0.2, 0.25) is 5.91 Å². The number of halogens is 1. The summed E-state index contributed by atoms with van der Waals surface area (Å²) in [4.78, 5) is 37.9. The first-order valence-corrected chi connectivity index (χ1v) is 9.02. The average molecular weight is 379 g/mol. The highest BCUT2D eigenvalue weighted by atomic mass is 35.5. The van der Waals surface area contributed by atoms with E-state index >= 15 is 0 Å². The van der Waals surface area contributed by atoms with Crippen LogP contribution < -0.4 is 5.32 Å². The summed E-state index contributed by atoms with van der Waals surface area (Å²) in [5.41, 5.74) is 0.904. The third-order valence-electron chi connectivity index (χ3n) is 3.49. The highest BCUT2D eigenvalue weighted by Crippen LogP contribution is 2.22. The van der Waals surface area contributed by atoms with Gasteiger partial charge in [-0.2, -0.15) is 0 Å². The Bertz CT molecular complexity index is 773. The van der Waals surface area contributed by atoms with Crippen molar-refractivity contribution in [1.82, 2.24) is 4.90 Å². The first kappa shape index (κ1) is 19.1. The molecule has 0 spiro atoms. The van der Waals surface area contributed by atoms with Crippen LogP contribution in [-0.4, -0.2) is 36.6 Å². The van der Waals surface area contributed by atoms with E-state index in [2.05, 4.69) is 5.32 Å². The van der Waals surface area contributed by atoms with Gasteiger partial charge in [-0.15, -0.1) is 11.3 Å². The van der Waals surface area contributed by atoms with Crippen LogP contribution in [-0.2, 0) is 4.79 Å². The Morgan fingerprint density at radius 1 is 1.16 bits per heavy atom. The van der Waals surface area contributed by atoms with E-state index in [-0.39, 0.29) is 29.0 Å². The molecule has 1 aromatic heterocycles. The second-order valence-electron chi connectivity index (χ2n) is 5.70. The van der Waals surface area contributed by atoms with Crippen LogP contribution in [0.25, 0.3) is 0 Å². The summed E-state index contributed by atoms with van der Waals surface area (Å²) in [6.45, 7) is 0. The number of hydrogen-bond donors (Lipinski definition) is 1. The SMILES string of the molecule is CN(C)C(=O)c1ccc(NC(=O)CCCC(=O)c2cccs2)cc1Cl. The molecule has 2 rings (SSSR count). The zero-order chi connectivity index (χ0) is 18.4. The van der Waals surface area contributed by atoms with Crippen LogP contribution in [0.3, 0.4) is 0 Å². The van der Waals surface area contributed by atoms with E-state index in [9.17, 15) is 14.4 Å². The standard InChI is InChI=1S/C18H19ClN2O3S/c1-21(2)18(24)13-9-8-12(11-14(13)19)20-17(23)7-3-5-15(22)16-6-4-10-25-16/h4,6,8-11H,3,5,7H2,1-2H3,(H,20,23). The number of thiophene rings is 1. The van der Waals surface area contributed by atoms with E-state index < -0.39 is 0 Å². The lowest BCUT2D eigenvalue weighted by molar-refractivity contribution is -0.116. The lowest BCUT2D eigenvalue weighted by Gasteiger charge is -2.12. The first-order valence-electron chi connectivity index (χ1n) is 7.76. The van der Waals surface area contributed by atoms with Gasteiger partial charge in [-0.1, -0.05) is 17.7 Å². The predicted molar refractivity (Wildman–Crippen MR) is 101 cm³/mol. The summed E-state index contributed by atoms with van der Waals surface area (Å²) < 4.78 is 0. The Hall–Kier alpha value is -2.18. The number of carbonyl (C=O) groups is 3. The smallest absolute Gasteiger partial charge is 0.254 e. The highest BCUT2D eigenvalue weighted by Gasteiger charge is 2.14. The number of benzene rings is 1. The summed E-state index contributed by atoms with van der Waals surface area (Å²) in [7, 11) is 3.29. The van der Waals surface area contributed by atoms with Gasteiger partial charge in [0.1, 0.15) is 0 Å². The molecule has 0 saturated carbocycles. The monoisotopic (exact) mass is 378 g/mol. The Balaban J connectivity index is 1.85. The van der Waals surface area contributed by atoms with Gasteiger partial charge in [0.15, 0.2) is 5.78 Å². The first-order chi connectivity index (χ1) is 11.9. The van der Waals surface area contributed by atoms with Crippen molar-refractivity contribution < 1.29 is 14.4 Å². The van der Waals surface area contributed by atoms with Crippen molar-refractivity contribution in [3.8, 4) is 0 Å². The summed E-state index contributed by atoms with van der Waals surface area (Å²) >= 11 is 7.52. The maximum absolute atomic E-state index is 12.0. The second-order valence-corrected chi connectivity index (χ2v) is 7.05. The molecule has 132 valence electrons. The van der Waals surface area contributed by atoms with E-state index in [1.165, 1.54) is 16.2 Å². The lowest BCUT2D eigenvalue weighted by Crippen LogP contribution is -2.22. The van der Waals surface area contributed by atoms with Crippen LogP contribution in [0.4, 0.5) is 5.69 Å². The number of anilines is 1. The third kappa shape index (κ3) is 5.41. The maximum atomic E-state index is 12.0. The Morgan fingerprint density at radius 3 is 2.52 bits per heavy atom. The third-order valence-corrected chi connectivity index (χ3v) is 4.72. The number of nitrogens with one attached hydrogen (secondary N) is 1. The van der Waals surface area contributed by atoms with Gasteiger partial charge in [-0.3, -0.25) is 14.4 Å². The fourth-order valence-electron chi connectivity index (χ4n) is 2.20. The molecule has 0 aliphatic heterocycles. The molecule has 0 aliphatic rings. The molecule has 1 aromatic carbocycles. The number of nitrogens with zero attached hydrogens (tertiary/aromatic N) is 1. The average Bonchev–Trinajstić information content (AvgIpc) is 3.08. The number of rotatable bonds is 7. The molecular formula is C18H19ClN2O3S. The van der Waals surface area contributed by atoms with Crippen LogP contribution in [0.1, 0.15) is 39.3 Å². The van der Waals surface area contributed by atoms with Crippen molar-refractivity contribution >= 4 is 46.2 Å². The van der Waals surface area contributed by atoms with Gasteiger partial charge in [-0.05, 0) is 36.1 Å². The minimum atomic E-state index is -0.199. The fourth-order valence-corrected chi connectivity index (χ4v) is 3.16. The van der Waals surface area contributed by atoms with E-state index in [1.54, 1.807) is 38.4 Å². The van der Waals surface area contributed by atoms with Crippen LogP contribution in [0.15, 0.2) is 35.7 Å². The largest absolute Gasteiger partial charge is 0.345 e. The lowest BCUT2D eigenvalue weighted by atomic mass is 10.1. The quantitative estimate of drug-likeness (QED) is 0.738. The summed E-state index contributed by atoms with van der Waals surface area (Å²) in [6, 6.07) is 8.38. The molecule has 7 heteroatoms. The topological polar surface area (TPSA) is 66.5 Å². The number of Topliss-reactive ketones (excluding diaryl/α,β-unsaturated/α-hetero) is 1. The van der Waals surface area contributed by atoms with Gasteiger partial charge in [0.05, 0.1) is 15.5 Å². The molecule has 0 radical (unpaired) electrons. The number of hydrogen-bond acceptors (Lipinski definition) is 4. The molecule has 5 nitrogen and oxygen atoms in total. The molecule has 0 saturated heterocycles. The zero-order valence-corrected chi connectivity index (χ0v) is 15.6. The summed E-state index contributed by atoms with van der Waals surface area (Å²) in [6.07, 6.45) is 1.06. The van der Waals surface area contributed by atoms with Crippen molar-refractivity contribution in [3.05, 3.63) is 51.2 Å². The van der Waals surface area contributed by atoms with Crippen molar-refractivity contribution in [2.24, 2.45) is 0 Å². The predicted octanol–water partition coefficient (Wildman–Crippen LogP) is 4.10. The molecule has 0 unspecified atom stereocenters. The van der Waals surface area contributed by atoms with Crippen LogP contribution in [0, 0.1) is 0 Å². The Morgan fingerprint density at radius 2 is 1.92 bits per heavy atom. The molecule has 1 N–H and O–H groups in total. The zero-order valence-electron chi connectivity index (χ0n) is 14.0. The summed E-state index contributed by atoms with van der Waals surface area (Å²) in [5, 5.41) is 4.87. The minimum Gasteiger partial charge on any atom is -0.345 e. The molecule has 25 heavy (non-hydrogen) atoms. The normalized spacial score (nSPS) is 10.4. The molecule has 0 fully saturated rings. The fraction of sp³-hybridized carbons (Fsp3) is 0.278. The van der Waals surface area contributed by atoms with Crippen LogP contribution >= 0.6 is 22.9 Å². The molecular weight excluding hydrogens is 360 g/mol. The Kier molecular flexibility index (Phi) is 6.73. The van der Waals surface area contributed by atoms with Crippen molar-refractivity contribution in [2.75, 3.05) is 19.4 Å². The molecule has 2 amide bonds. The Labute approximate surface area is 155 Å². The van der Waals surface area contributed by atoms with Crippen molar-refractivity contribution in [1.29, 1.82) is 0 Å². The van der Waals surface area contributed by atoms with Gasteiger partial charge < -0.3 is 10.2 Å². The van der Waals surface area contributed by atoms with E-state index in [4.69, 9.17) is 11.6 Å². The second kappa shape index (κ2) is 8.78. The summed E-state index contributed by atoms with van der Waals surface area (Å²) in [5.74, 6) is -0.339.